The number of carbonyl (C=O) groups excluding carboxylic acids is 1. The van der Waals surface area contributed by atoms with Gasteiger partial charge in [-0.25, -0.2) is 13.9 Å². The van der Waals surface area contributed by atoms with Gasteiger partial charge in [-0.3, -0.25) is 15.6 Å². The molecule has 2 aromatic rings. The minimum absolute atomic E-state index is 0.0539. The van der Waals surface area contributed by atoms with Crippen LogP contribution in [0.5, 0.6) is 0 Å². The molecule has 2 unspecified atom stereocenters. The van der Waals surface area contributed by atoms with Crippen molar-refractivity contribution in [3.8, 4) is 0 Å². The van der Waals surface area contributed by atoms with Crippen LogP contribution in [0.4, 0.5) is 4.39 Å². The van der Waals surface area contributed by atoms with E-state index in [1.807, 2.05) is 6.07 Å². The monoisotopic (exact) mass is 390 g/mol. The van der Waals surface area contributed by atoms with Crippen molar-refractivity contribution >= 4 is 11.9 Å². The fourth-order valence-corrected chi connectivity index (χ4v) is 3.19. The Bertz CT molecular complexity index is 842. The van der Waals surface area contributed by atoms with E-state index in [0.717, 1.165) is 24.8 Å². The van der Waals surface area contributed by atoms with Crippen LogP contribution < -0.4 is 10.9 Å². The van der Waals surface area contributed by atoms with Crippen LogP contribution in [0.2, 0.25) is 0 Å². The quantitative estimate of drug-likeness (QED) is 0.615. The molecule has 3 N–H and O–H groups in total. The van der Waals surface area contributed by atoms with Gasteiger partial charge in [0, 0.05) is 25.7 Å². The van der Waals surface area contributed by atoms with Gasteiger partial charge in [-0.05, 0) is 37.0 Å². The van der Waals surface area contributed by atoms with Crippen molar-refractivity contribution in [2.45, 2.75) is 37.9 Å². The van der Waals surface area contributed by atoms with Crippen molar-refractivity contribution in [1.82, 2.24) is 30.7 Å². The summed E-state index contributed by atoms with van der Waals surface area (Å²) in [5.41, 5.74) is 7.14. The van der Waals surface area contributed by atoms with Crippen LogP contribution in [-0.2, 0) is 11.3 Å². The van der Waals surface area contributed by atoms with Crippen LogP contribution in [0, 0.1) is 5.82 Å². The Morgan fingerprint density at radius 3 is 2.93 bits per heavy atom. The number of carbonyl (C=O) groups is 2. The zero-order valence-electron chi connectivity index (χ0n) is 15.5. The first-order valence-corrected chi connectivity index (χ1v) is 9.06. The molecule has 0 bridgehead atoms. The zero-order chi connectivity index (χ0) is 20.1. The molecule has 1 fully saturated rings. The van der Waals surface area contributed by atoms with Crippen LogP contribution in [0.15, 0.2) is 30.5 Å². The minimum Gasteiger partial charge on any atom is -0.476 e. The highest BCUT2D eigenvalue weighted by Crippen LogP contribution is 2.24. The molecule has 2 atom stereocenters. The molecule has 9 nitrogen and oxygen atoms in total. The van der Waals surface area contributed by atoms with E-state index in [0.29, 0.717) is 6.54 Å². The van der Waals surface area contributed by atoms with Crippen molar-refractivity contribution in [1.29, 1.82) is 0 Å². The molecule has 1 amide bonds. The molecule has 1 saturated heterocycles. The van der Waals surface area contributed by atoms with Gasteiger partial charge in [0.2, 0.25) is 5.91 Å². The molecular weight excluding hydrogens is 367 g/mol. The minimum atomic E-state index is -1.18. The third-order valence-corrected chi connectivity index (χ3v) is 4.76. The number of benzene rings is 1. The zero-order valence-corrected chi connectivity index (χ0v) is 15.5. The number of aromatic carboxylic acids is 1. The number of rotatable bonds is 8. The molecule has 2 heterocycles. The Kier molecular flexibility index (Phi) is 6.32. The Hall–Kier alpha value is -2.85. The smallest absolute Gasteiger partial charge is 0.358 e. The van der Waals surface area contributed by atoms with E-state index in [1.54, 1.807) is 18.0 Å². The predicted molar refractivity (Wildman–Crippen MR) is 97.7 cm³/mol. The number of hydrogen-bond donors (Lipinski definition) is 3. The lowest BCUT2D eigenvalue weighted by Crippen LogP contribution is -2.33. The topological polar surface area (TPSA) is 112 Å². The van der Waals surface area contributed by atoms with Gasteiger partial charge in [-0.2, -0.15) is 0 Å². The third kappa shape index (κ3) is 5.11. The van der Waals surface area contributed by atoms with E-state index in [9.17, 15) is 14.0 Å². The van der Waals surface area contributed by atoms with Crippen LogP contribution in [-0.4, -0.2) is 56.5 Å². The highest BCUT2D eigenvalue weighted by atomic mass is 19.1. The fourth-order valence-electron chi connectivity index (χ4n) is 3.19. The van der Waals surface area contributed by atoms with Crippen LogP contribution in [0.1, 0.15) is 41.4 Å². The molecule has 0 spiro atoms. The fraction of sp³-hybridized carbons (Fsp3) is 0.444. The number of nitrogens with zero attached hydrogens (tertiary/aromatic N) is 4. The van der Waals surface area contributed by atoms with Gasteiger partial charge in [0.05, 0.1) is 6.20 Å². The lowest BCUT2D eigenvalue weighted by Gasteiger charge is -2.18. The molecule has 0 saturated carbocycles. The molecule has 0 aliphatic carbocycles. The van der Waals surface area contributed by atoms with Gasteiger partial charge >= 0.3 is 5.97 Å². The average Bonchev–Trinajstić information content (AvgIpc) is 3.31. The highest BCUT2D eigenvalue weighted by molar-refractivity contribution is 5.84. The number of aromatic nitrogens is 3. The lowest BCUT2D eigenvalue weighted by atomic mass is 9.99. The molecule has 10 heteroatoms. The number of halogens is 1. The van der Waals surface area contributed by atoms with E-state index < -0.39 is 5.97 Å². The summed E-state index contributed by atoms with van der Waals surface area (Å²) in [5.74, 6) is -1.59. The number of carboxylic acid groups (broad SMARTS) is 1. The lowest BCUT2D eigenvalue weighted by molar-refractivity contribution is -0.130. The van der Waals surface area contributed by atoms with E-state index in [2.05, 4.69) is 21.2 Å². The first-order chi connectivity index (χ1) is 13.4. The number of hydrazine groups is 1. The Morgan fingerprint density at radius 1 is 1.39 bits per heavy atom. The highest BCUT2D eigenvalue weighted by Gasteiger charge is 2.25. The van der Waals surface area contributed by atoms with Crippen LogP contribution >= 0.6 is 0 Å². The number of hydrogen-bond acceptors (Lipinski definition) is 6. The Labute approximate surface area is 161 Å². The summed E-state index contributed by atoms with van der Waals surface area (Å²) in [6.07, 6.45) is 3.74. The van der Waals surface area contributed by atoms with Gasteiger partial charge in [-0.15, -0.1) is 5.10 Å². The second-order valence-corrected chi connectivity index (χ2v) is 6.89. The number of amides is 1. The number of likely N-dealkylation sites (N-methyl/N-ethyl adjacent to an activating group) is 1. The van der Waals surface area contributed by atoms with Crippen LogP contribution in [0.25, 0.3) is 0 Å². The molecule has 1 aromatic heterocycles. The molecule has 150 valence electrons. The number of carboxylic acids is 1. The largest absolute Gasteiger partial charge is 0.476 e. The van der Waals surface area contributed by atoms with Crippen molar-refractivity contribution in [3.63, 3.8) is 0 Å². The first kappa shape index (κ1) is 19.9. The maximum absolute atomic E-state index is 13.4. The van der Waals surface area contributed by atoms with E-state index >= 15 is 0 Å². The van der Waals surface area contributed by atoms with Gasteiger partial charge < -0.3 is 10.0 Å². The summed E-state index contributed by atoms with van der Waals surface area (Å²) in [7, 11) is 1.70. The molecule has 1 aromatic carbocycles. The maximum Gasteiger partial charge on any atom is 0.358 e. The summed E-state index contributed by atoms with van der Waals surface area (Å²) in [6.45, 7) is 0.518. The maximum atomic E-state index is 13.4. The summed E-state index contributed by atoms with van der Waals surface area (Å²) in [4.78, 5) is 24.6. The van der Waals surface area contributed by atoms with Gasteiger partial charge in [0.25, 0.3) is 0 Å². The third-order valence-electron chi connectivity index (χ3n) is 4.76. The number of nitrogens with one attached hydrogen (secondary N) is 2. The van der Waals surface area contributed by atoms with Crippen molar-refractivity contribution in [2.24, 2.45) is 0 Å². The van der Waals surface area contributed by atoms with Gasteiger partial charge in [0.15, 0.2) is 5.69 Å². The summed E-state index contributed by atoms with van der Waals surface area (Å²) in [6, 6.07) is 6.87. The Morgan fingerprint density at radius 2 is 2.21 bits per heavy atom. The van der Waals surface area contributed by atoms with E-state index in [1.165, 1.54) is 23.0 Å². The first-order valence-electron chi connectivity index (χ1n) is 9.06. The molecule has 1 aliphatic rings. The second kappa shape index (κ2) is 8.89. The van der Waals surface area contributed by atoms with Crippen molar-refractivity contribution < 1.29 is 19.1 Å². The SMILES string of the molecule is CN(CCCC1CC(c2cccc(F)c2)NN1)C(=O)Cn1cc(C(=O)O)nn1. The Balaban J connectivity index is 1.39. The van der Waals surface area contributed by atoms with Crippen molar-refractivity contribution in [2.75, 3.05) is 13.6 Å². The second-order valence-electron chi connectivity index (χ2n) is 6.89. The van der Waals surface area contributed by atoms with Crippen LogP contribution in [0.3, 0.4) is 0 Å². The predicted octanol–water partition coefficient (Wildman–Crippen LogP) is 0.962. The molecule has 28 heavy (non-hydrogen) atoms. The summed E-state index contributed by atoms with van der Waals surface area (Å²) in [5, 5.41) is 15.9. The van der Waals surface area contributed by atoms with Crippen molar-refractivity contribution in [3.05, 3.63) is 47.5 Å². The average molecular weight is 390 g/mol. The standard InChI is InChI=1S/C18H23FN6O3/c1-24(17(26)11-25-10-16(18(27)28)22-23-25)7-3-6-14-9-15(21-20-14)12-4-2-5-13(19)8-12/h2,4-5,8,10,14-15,20-21H,3,6-7,9,11H2,1H3,(H,27,28). The summed E-state index contributed by atoms with van der Waals surface area (Å²) < 4.78 is 14.6. The van der Waals surface area contributed by atoms with Gasteiger partial charge in [0.1, 0.15) is 12.4 Å². The molecule has 3 rings (SSSR count). The van der Waals surface area contributed by atoms with Gasteiger partial charge in [-0.1, -0.05) is 17.3 Å². The van der Waals surface area contributed by atoms with E-state index in [4.69, 9.17) is 5.11 Å². The molecule has 1 aliphatic heterocycles. The summed E-state index contributed by atoms with van der Waals surface area (Å²) >= 11 is 0. The normalized spacial score (nSPS) is 18.9. The molecule has 0 radical (unpaired) electrons. The van der Waals surface area contributed by atoms with E-state index in [-0.39, 0.29) is 36.0 Å². The molecular formula is C18H23FN6O3.